The Bertz CT molecular complexity index is 3110. The lowest BCUT2D eigenvalue weighted by Gasteiger charge is -2.12. The monoisotopic (exact) mass is 626 g/mol. The van der Waals surface area contributed by atoms with Gasteiger partial charge in [0.1, 0.15) is 5.65 Å². The van der Waals surface area contributed by atoms with Crippen LogP contribution in [0.1, 0.15) is 0 Å². The van der Waals surface area contributed by atoms with Crippen LogP contribution in [-0.4, -0.2) is 28.5 Å². The third kappa shape index (κ3) is 3.74. The van der Waals surface area contributed by atoms with Crippen molar-refractivity contribution in [2.24, 2.45) is 0 Å². The summed E-state index contributed by atoms with van der Waals surface area (Å²) in [6.45, 7) is 0. The van der Waals surface area contributed by atoms with Gasteiger partial charge in [-0.05, 0) is 66.7 Å². The molecular formula is C43H26N6. The van der Waals surface area contributed by atoms with Gasteiger partial charge in [0.2, 0.25) is 5.95 Å². The van der Waals surface area contributed by atoms with Crippen LogP contribution in [0.15, 0.2) is 158 Å². The molecule has 0 saturated carbocycles. The molecule has 0 atom stereocenters. The molecule has 6 aromatic carbocycles. The molecule has 0 saturated heterocycles. The summed E-state index contributed by atoms with van der Waals surface area (Å²) in [5, 5.41) is 5.70. The first kappa shape index (κ1) is 26.3. The van der Waals surface area contributed by atoms with Gasteiger partial charge in [0.15, 0.2) is 0 Å². The SMILES string of the molecule is c1ccc(-n2c3ccccc3c3cc(-c4nc(-n5c6ccccc6c6cc7c(cc65)nc5ccccn57)nc5ccccc45)ccc32)cc1. The van der Waals surface area contributed by atoms with E-state index in [-0.39, 0.29) is 0 Å². The first-order valence-corrected chi connectivity index (χ1v) is 16.5. The predicted molar refractivity (Wildman–Crippen MR) is 200 cm³/mol. The minimum atomic E-state index is 0.634. The second-order valence-corrected chi connectivity index (χ2v) is 12.6. The van der Waals surface area contributed by atoms with E-state index in [0.717, 1.165) is 71.9 Å². The van der Waals surface area contributed by atoms with Crippen molar-refractivity contribution in [1.82, 2.24) is 28.5 Å². The Kier molecular flexibility index (Phi) is 5.29. The molecule has 0 bridgehead atoms. The minimum Gasteiger partial charge on any atom is -0.309 e. The maximum Gasteiger partial charge on any atom is 0.235 e. The molecule has 228 valence electrons. The molecule has 5 aromatic heterocycles. The van der Waals surface area contributed by atoms with E-state index in [2.05, 4.69) is 147 Å². The first-order chi connectivity index (χ1) is 24.3. The molecule has 0 amide bonds. The van der Waals surface area contributed by atoms with Gasteiger partial charge in [0.25, 0.3) is 0 Å². The molecular weight excluding hydrogens is 601 g/mol. The van der Waals surface area contributed by atoms with Gasteiger partial charge in [-0.2, -0.15) is 0 Å². The smallest absolute Gasteiger partial charge is 0.235 e. The summed E-state index contributed by atoms with van der Waals surface area (Å²) in [4.78, 5) is 15.6. The predicted octanol–water partition coefficient (Wildman–Crippen LogP) is 10.3. The van der Waals surface area contributed by atoms with Crippen LogP contribution in [0.25, 0.3) is 94.1 Å². The Morgan fingerprint density at radius 3 is 1.90 bits per heavy atom. The number of pyridine rings is 1. The Balaban J connectivity index is 1.20. The highest BCUT2D eigenvalue weighted by Gasteiger charge is 2.20. The Morgan fingerprint density at radius 2 is 1.06 bits per heavy atom. The molecule has 6 heteroatoms. The fourth-order valence-electron chi connectivity index (χ4n) is 7.70. The zero-order chi connectivity index (χ0) is 32.1. The van der Waals surface area contributed by atoms with Crippen molar-refractivity contribution in [3.05, 3.63) is 158 Å². The highest BCUT2D eigenvalue weighted by molar-refractivity contribution is 6.14. The fraction of sp³-hybridized carbons (Fsp3) is 0. The summed E-state index contributed by atoms with van der Waals surface area (Å²) in [6.07, 6.45) is 2.07. The molecule has 0 spiro atoms. The van der Waals surface area contributed by atoms with E-state index in [9.17, 15) is 0 Å². The molecule has 5 heterocycles. The highest BCUT2D eigenvalue weighted by Crippen LogP contribution is 2.38. The number of hydrogen-bond donors (Lipinski definition) is 0. The summed E-state index contributed by atoms with van der Waals surface area (Å²) >= 11 is 0. The molecule has 0 aliphatic carbocycles. The van der Waals surface area contributed by atoms with Crippen LogP contribution in [-0.2, 0) is 0 Å². The van der Waals surface area contributed by atoms with Crippen LogP contribution >= 0.6 is 0 Å². The van der Waals surface area contributed by atoms with Gasteiger partial charge in [0, 0.05) is 44.4 Å². The molecule has 0 N–H and O–H groups in total. The van der Waals surface area contributed by atoms with Crippen molar-refractivity contribution in [1.29, 1.82) is 0 Å². The van der Waals surface area contributed by atoms with Crippen LogP contribution < -0.4 is 0 Å². The highest BCUT2D eigenvalue weighted by atomic mass is 15.2. The van der Waals surface area contributed by atoms with Crippen molar-refractivity contribution < 1.29 is 0 Å². The number of para-hydroxylation sites is 4. The number of benzene rings is 6. The summed E-state index contributed by atoms with van der Waals surface area (Å²) in [5.74, 6) is 0.634. The van der Waals surface area contributed by atoms with E-state index in [1.54, 1.807) is 0 Å². The maximum absolute atomic E-state index is 5.41. The second kappa shape index (κ2) is 9.86. The van der Waals surface area contributed by atoms with Crippen molar-refractivity contribution >= 4 is 71.2 Å². The van der Waals surface area contributed by atoms with E-state index in [4.69, 9.17) is 15.0 Å². The summed E-state index contributed by atoms with van der Waals surface area (Å²) < 4.78 is 6.69. The topological polar surface area (TPSA) is 52.9 Å². The number of imidazole rings is 1. The molecule has 0 radical (unpaired) electrons. The lowest BCUT2D eigenvalue weighted by atomic mass is 10.0. The zero-order valence-corrected chi connectivity index (χ0v) is 26.2. The Morgan fingerprint density at radius 1 is 0.388 bits per heavy atom. The molecule has 11 aromatic rings. The van der Waals surface area contributed by atoms with E-state index in [0.29, 0.717) is 5.95 Å². The molecule has 49 heavy (non-hydrogen) atoms. The lowest BCUT2D eigenvalue weighted by molar-refractivity contribution is 1.01. The van der Waals surface area contributed by atoms with Gasteiger partial charge < -0.3 is 4.57 Å². The number of rotatable bonds is 3. The standard InChI is InChI=1S/C43H26N6/c1-2-12-28(13-3-1)48-36-18-8-5-14-29(36)32-24-27(21-22-38(32)48)42-31-16-4-7-17-34(31)45-43(46-42)49-37-19-9-6-15-30(37)33-25-40-35(26-39(33)49)44-41-20-10-11-23-47(40)41/h1-26H. The van der Waals surface area contributed by atoms with Crippen molar-refractivity contribution in [2.45, 2.75) is 0 Å². The first-order valence-electron chi connectivity index (χ1n) is 16.5. The van der Waals surface area contributed by atoms with Crippen LogP contribution in [0.3, 0.4) is 0 Å². The zero-order valence-electron chi connectivity index (χ0n) is 26.2. The molecule has 11 rings (SSSR count). The van der Waals surface area contributed by atoms with E-state index in [1.165, 1.54) is 16.3 Å². The minimum absolute atomic E-state index is 0.634. The number of nitrogens with zero attached hydrogens (tertiary/aromatic N) is 6. The molecule has 0 aliphatic rings. The largest absolute Gasteiger partial charge is 0.309 e. The molecule has 0 fully saturated rings. The fourth-order valence-corrected chi connectivity index (χ4v) is 7.70. The van der Waals surface area contributed by atoms with Crippen LogP contribution in [0, 0.1) is 0 Å². The summed E-state index contributed by atoms with van der Waals surface area (Å²) in [7, 11) is 0. The van der Waals surface area contributed by atoms with Gasteiger partial charge in [-0.3, -0.25) is 8.97 Å². The summed E-state index contributed by atoms with van der Waals surface area (Å²) in [6, 6.07) is 53.3. The van der Waals surface area contributed by atoms with Crippen LogP contribution in [0.4, 0.5) is 0 Å². The molecule has 0 aliphatic heterocycles. The molecule has 0 unspecified atom stereocenters. The Hall–Kier alpha value is -6.79. The number of aromatic nitrogens is 6. The van der Waals surface area contributed by atoms with Gasteiger partial charge >= 0.3 is 0 Å². The lowest BCUT2D eigenvalue weighted by Crippen LogP contribution is -2.03. The average Bonchev–Trinajstić information content (AvgIpc) is 3.80. The number of hydrogen-bond acceptors (Lipinski definition) is 3. The second-order valence-electron chi connectivity index (χ2n) is 12.6. The van der Waals surface area contributed by atoms with Crippen molar-refractivity contribution in [3.8, 4) is 22.9 Å². The normalized spacial score (nSPS) is 12.1. The molecule has 6 nitrogen and oxygen atoms in total. The van der Waals surface area contributed by atoms with Gasteiger partial charge in [-0.25, -0.2) is 15.0 Å². The summed E-state index contributed by atoms with van der Waals surface area (Å²) in [5.41, 5.74) is 11.3. The van der Waals surface area contributed by atoms with E-state index < -0.39 is 0 Å². The Labute approximate surface area is 279 Å². The third-order valence-electron chi connectivity index (χ3n) is 9.85. The van der Waals surface area contributed by atoms with Crippen molar-refractivity contribution in [3.63, 3.8) is 0 Å². The third-order valence-corrected chi connectivity index (χ3v) is 9.85. The maximum atomic E-state index is 5.41. The van der Waals surface area contributed by atoms with Gasteiger partial charge in [-0.15, -0.1) is 0 Å². The van der Waals surface area contributed by atoms with E-state index >= 15 is 0 Å². The number of fused-ring (bicyclic) bond motifs is 10. The van der Waals surface area contributed by atoms with Crippen LogP contribution in [0.5, 0.6) is 0 Å². The van der Waals surface area contributed by atoms with Gasteiger partial charge in [-0.1, -0.05) is 84.9 Å². The van der Waals surface area contributed by atoms with Crippen LogP contribution in [0.2, 0.25) is 0 Å². The van der Waals surface area contributed by atoms with Gasteiger partial charge in [0.05, 0.1) is 44.3 Å². The van der Waals surface area contributed by atoms with Crippen molar-refractivity contribution in [2.75, 3.05) is 0 Å². The average molecular weight is 627 g/mol. The van der Waals surface area contributed by atoms with E-state index in [1.807, 2.05) is 24.3 Å². The quantitative estimate of drug-likeness (QED) is 0.196.